The van der Waals surface area contributed by atoms with Crippen molar-refractivity contribution in [2.75, 3.05) is 13.7 Å². The number of unbranched alkanes of at least 4 members (excludes halogenated alkanes) is 1. The van der Waals surface area contributed by atoms with Crippen LogP contribution >= 0.6 is 11.6 Å². The third kappa shape index (κ3) is 2.37. The third-order valence-corrected chi connectivity index (χ3v) is 3.31. The van der Waals surface area contributed by atoms with Gasteiger partial charge in [0.05, 0.1) is 11.6 Å². The van der Waals surface area contributed by atoms with Gasteiger partial charge in [0.2, 0.25) is 0 Å². The molecule has 100 valence electrons. The molecule has 0 fully saturated rings. The number of hydrogen-bond acceptors (Lipinski definition) is 3. The number of methoxy groups -OCH3 is 1. The van der Waals surface area contributed by atoms with Crippen LogP contribution in [0, 0.1) is 6.92 Å². The molecule has 6 heteroatoms. The second-order valence-electron chi connectivity index (χ2n) is 4.39. The molecule has 0 saturated heterocycles. The predicted molar refractivity (Wildman–Crippen MR) is 71.9 cm³/mol. The van der Waals surface area contributed by atoms with Gasteiger partial charge in [0, 0.05) is 27.3 Å². The highest BCUT2D eigenvalue weighted by Gasteiger charge is 2.16. The van der Waals surface area contributed by atoms with Crippen molar-refractivity contribution in [3.63, 3.8) is 0 Å². The Balaban J connectivity index is 2.28. The topological polar surface area (TPSA) is 44.9 Å². The van der Waals surface area contributed by atoms with E-state index in [0.717, 1.165) is 48.7 Å². The lowest BCUT2D eigenvalue weighted by atomic mass is 10.3. The minimum Gasteiger partial charge on any atom is -0.385 e. The van der Waals surface area contributed by atoms with Gasteiger partial charge in [-0.1, -0.05) is 0 Å². The summed E-state index contributed by atoms with van der Waals surface area (Å²) < 4.78 is 9.11. The number of hydrogen-bond donors (Lipinski definition) is 0. The maximum absolute atomic E-state index is 5.97. The number of rotatable bonds is 6. The molecule has 0 aliphatic carbocycles. The van der Waals surface area contributed by atoms with Gasteiger partial charge in [0.1, 0.15) is 11.3 Å². The minimum absolute atomic E-state index is 0.429. The summed E-state index contributed by atoms with van der Waals surface area (Å²) in [4.78, 5) is 4.57. The summed E-state index contributed by atoms with van der Waals surface area (Å²) in [5.41, 5.74) is 2.97. The van der Waals surface area contributed by atoms with E-state index < -0.39 is 0 Å². The minimum atomic E-state index is 0.429. The average molecular weight is 271 g/mol. The molecule has 0 radical (unpaired) electrons. The number of aryl methyl sites for hydroxylation is 3. The first kappa shape index (κ1) is 13.4. The van der Waals surface area contributed by atoms with Crippen LogP contribution in [0.25, 0.3) is 11.2 Å². The van der Waals surface area contributed by atoms with Gasteiger partial charge >= 0.3 is 0 Å². The lowest BCUT2D eigenvalue weighted by Gasteiger charge is -2.07. The highest BCUT2D eigenvalue weighted by atomic mass is 35.5. The molecule has 0 spiro atoms. The molecule has 0 bridgehead atoms. The lowest BCUT2D eigenvalue weighted by Crippen LogP contribution is -2.07. The average Bonchev–Trinajstić information content (AvgIpc) is 2.85. The van der Waals surface area contributed by atoms with Gasteiger partial charge in [0.25, 0.3) is 0 Å². The normalized spacial score (nSPS) is 11.6. The number of nitrogens with zero attached hydrogens (tertiary/aromatic N) is 4. The molecule has 0 aromatic carbocycles. The molecule has 2 aromatic rings. The Morgan fingerprint density at radius 3 is 2.78 bits per heavy atom. The molecular weight excluding hydrogens is 252 g/mol. The van der Waals surface area contributed by atoms with Crippen LogP contribution in [0.15, 0.2) is 0 Å². The van der Waals surface area contributed by atoms with E-state index in [0.29, 0.717) is 5.88 Å². The zero-order valence-corrected chi connectivity index (χ0v) is 11.9. The summed E-state index contributed by atoms with van der Waals surface area (Å²) in [6, 6.07) is 0. The van der Waals surface area contributed by atoms with Crippen LogP contribution in [0.2, 0.25) is 0 Å². The Labute approximate surface area is 112 Å². The van der Waals surface area contributed by atoms with Gasteiger partial charge < -0.3 is 9.30 Å². The third-order valence-electron chi connectivity index (χ3n) is 3.07. The zero-order chi connectivity index (χ0) is 13.1. The van der Waals surface area contributed by atoms with Crippen molar-refractivity contribution in [2.24, 2.45) is 7.05 Å². The second-order valence-corrected chi connectivity index (χ2v) is 4.66. The van der Waals surface area contributed by atoms with Gasteiger partial charge in [0.15, 0.2) is 5.65 Å². The van der Waals surface area contributed by atoms with E-state index in [1.54, 1.807) is 7.11 Å². The number of fused-ring (bicyclic) bond motifs is 1. The fourth-order valence-corrected chi connectivity index (χ4v) is 2.44. The molecule has 0 unspecified atom stereocenters. The smallest absolute Gasteiger partial charge is 0.158 e. The van der Waals surface area contributed by atoms with Crippen LogP contribution in [0.3, 0.4) is 0 Å². The summed E-state index contributed by atoms with van der Waals surface area (Å²) in [6.45, 7) is 3.67. The van der Waals surface area contributed by atoms with Crippen LogP contribution in [-0.2, 0) is 24.2 Å². The highest BCUT2D eigenvalue weighted by molar-refractivity contribution is 6.16. The molecule has 0 N–H and O–H groups in total. The fraction of sp³-hybridized carbons (Fsp3) is 0.667. The predicted octanol–water partition coefficient (Wildman–Crippen LogP) is 2.24. The molecular formula is C12H19ClN4O. The Hall–Kier alpha value is -1.07. The maximum Gasteiger partial charge on any atom is 0.158 e. The largest absolute Gasteiger partial charge is 0.385 e. The van der Waals surface area contributed by atoms with Crippen LogP contribution in [-0.4, -0.2) is 33.0 Å². The van der Waals surface area contributed by atoms with Crippen LogP contribution < -0.4 is 0 Å². The van der Waals surface area contributed by atoms with Crippen molar-refractivity contribution >= 4 is 22.8 Å². The molecule has 2 heterocycles. The quantitative estimate of drug-likeness (QED) is 0.597. The molecule has 2 rings (SSSR count). The van der Waals surface area contributed by atoms with Crippen molar-refractivity contribution < 1.29 is 4.74 Å². The van der Waals surface area contributed by atoms with Crippen LogP contribution in [0.5, 0.6) is 0 Å². The van der Waals surface area contributed by atoms with Crippen LogP contribution in [0.4, 0.5) is 0 Å². The first-order valence-electron chi connectivity index (χ1n) is 6.12. The molecule has 5 nitrogen and oxygen atoms in total. The Bertz CT molecular complexity index is 532. The molecule has 0 saturated carbocycles. The van der Waals surface area contributed by atoms with E-state index in [1.807, 2.05) is 18.7 Å². The Kier molecular flexibility index (Phi) is 4.24. The van der Waals surface area contributed by atoms with Gasteiger partial charge in [-0.25, -0.2) is 4.98 Å². The lowest BCUT2D eigenvalue weighted by molar-refractivity contribution is 0.191. The second kappa shape index (κ2) is 5.71. The number of imidazole rings is 1. The monoisotopic (exact) mass is 270 g/mol. The number of alkyl halides is 1. The van der Waals surface area contributed by atoms with E-state index in [4.69, 9.17) is 16.3 Å². The fourth-order valence-electron chi connectivity index (χ4n) is 2.23. The summed E-state index contributed by atoms with van der Waals surface area (Å²) in [5.74, 6) is 1.35. The molecule has 2 aromatic heterocycles. The highest BCUT2D eigenvalue weighted by Crippen LogP contribution is 2.20. The molecule has 0 atom stereocenters. The molecule has 18 heavy (non-hydrogen) atoms. The number of halogens is 1. The van der Waals surface area contributed by atoms with Gasteiger partial charge in [-0.3, -0.25) is 4.68 Å². The summed E-state index contributed by atoms with van der Waals surface area (Å²) in [7, 11) is 3.67. The van der Waals surface area contributed by atoms with E-state index >= 15 is 0 Å². The summed E-state index contributed by atoms with van der Waals surface area (Å²) in [5, 5.41) is 4.40. The molecule has 0 aliphatic heterocycles. The van der Waals surface area contributed by atoms with E-state index in [2.05, 4.69) is 14.6 Å². The Morgan fingerprint density at radius 1 is 1.33 bits per heavy atom. The van der Waals surface area contributed by atoms with E-state index in [9.17, 15) is 0 Å². The van der Waals surface area contributed by atoms with E-state index in [-0.39, 0.29) is 0 Å². The van der Waals surface area contributed by atoms with Crippen LogP contribution in [0.1, 0.15) is 24.4 Å². The van der Waals surface area contributed by atoms with Crippen molar-refractivity contribution in [3.05, 3.63) is 11.5 Å². The standard InChI is InChI=1S/C12H19ClN4O/c1-9-11-12(16(2)15-9)17(10(8-13)14-11)6-4-5-7-18-3/h4-8H2,1-3H3. The Morgan fingerprint density at radius 2 is 2.11 bits per heavy atom. The SMILES string of the molecule is COCCCCn1c(CCl)nc2c(C)nn(C)c21. The van der Waals surface area contributed by atoms with E-state index in [1.165, 1.54) is 0 Å². The van der Waals surface area contributed by atoms with Crippen molar-refractivity contribution in [1.29, 1.82) is 0 Å². The molecule has 0 amide bonds. The van der Waals surface area contributed by atoms with Gasteiger partial charge in [-0.2, -0.15) is 5.10 Å². The van der Waals surface area contributed by atoms with Crippen molar-refractivity contribution in [2.45, 2.75) is 32.2 Å². The summed E-state index contributed by atoms with van der Waals surface area (Å²) >= 11 is 5.97. The zero-order valence-electron chi connectivity index (χ0n) is 11.1. The van der Waals surface area contributed by atoms with Crippen molar-refractivity contribution in [1.82, 2.24) is 19.3 Å². The molecule has 0 aliphatic rings. The summed E-state index contributed by atoms with van der Waals surface area (Å²) in [6.07, 6.45) is 2.09. The maximum atomic E-state index is 5.97. The number of ether oxygens (including phenoxy) is 1. The van der Waals surface area contributed by atoms with Gasteiger partial charge in [-0.05, 0) is 19.8 Å². The van der Waals surface area contributed by atoms with Gasteiger partial charge in [-0.15, -0.1) is 11.6 Å². The first-order valence-corrected chi connectivity index (χ1v) is 6.66. The van der Waals surface area contributed by atoms with Crippen molar-refractivity contribution in [3.8, 4) is 0 Å². The number of aromatic nitrogens is 4. The first-order chi connectivity index (χ1) is 8.69.